The molecule has 1 aromatic rings. The molecule has 1 aliphatic heterocycles. The molecule has 0 amide bonds. The lowest BCUT2D eigenvalue weighted by Crippen LogP contribution is -2.31. The lowest BCUT2D eigenvalue weighted by molar-refractivity contribution is 0.211. The van der Waals surface area contributed by atoms with Crippen LogP contribution in [0.15, 0.2) is 24.3 Å². The van der Waals surface area contributed by atoms with E-state index in [0.717, 1.165) is 19.0 Å². The van der Waals surface area contributed by atoms with E-state index in [1.54, 1.807) is 12.1 Å². The Kier molecular flexibility index (Phi) is 5.02. The summed E-state index contributed by atoms with van der Waals surface area (Å²) in [5.74, 6) is 1.23. The maximum absolute atomic E-state index is 9.20. The van der Waals surface area contributed by atoms with Crippen molar-refractivity contribution in [2.75, 3.05) is 26.7 Å². The summed E-state index contributed by atoms with van der Waals surface area (Å²) in [5.41, 5.74) is 1.23. The molecule has 1 saturated heterocycles. The highest BCUT2D eigenvalue weighted by molar-refractivity contribution is 5.25. The minimum atomic E-state index is 0.338. The van der Waals surface area contributed by atoms with E-state index in [-0.39, 0.29) is 0 Å². The van der Waals surface area contributed by atoms with Gasteiger partial charge in [-0.05, 0) is 69.6 Å². The van der Waals surface area contributed by atoms with Crippen LogP contribution in [0.5, 0.6) is 5.75 Å². The molecule has 2 N–H and O–H groups in total. The second-order valence-corrected chi connectivity index (χ2v) is 5.38. The van der Waals surface area contributed by atoms with Gasteiger partial charge in [0.2, 0.25) is 0 Å². The van der Waals surface area contributed by atoms with Crippen molar-refractivity contribution in [3.05, 3.63) is 29.8 Å². The first-order chi connectivity index (χ1) is 8.74. The molecule has 100 valence electrons. The van der Waals surface area contributed by atoms with Crippen molar-refractivity contribution in [2.24, 2.45) is 5.92 Å². The van der Waals surface area contributed by atoms with Gasteiger partial charge in [-0.15, -0.1) is 0 Å². The number of nitrogens with one attached hydrogen (secondary N) is 1. The van der Waals surface area contributed by atoms with Crippen molar-refractivity contribution in [2.45, 2.75) is 25.8 Å². The third-order valence-corrected chi connectivity index (χ3v) is 3.83. The van der Waals surface area contributed by atoms with E-state index in [9.17, 15) is 5.11 Å². The van der Waals surface area contributed by atoms with Crippen molar-refractivity contribution in [1.82, 2.24) is 10.2 Å². The SMILES string of the molecule is CN1CCC(CCNCc2ccc(O)cc2)CC1. The number of phenolic OH excluding ortho intramolecular Hbond substituents is 1. The number of piperidine rings is 1. The molecule has 3 nitrogen and oxygen atoms in total. The maximum atomic E-state index is 9.20. The lowest BCUT2D eigenvalue weighted by Gasteiger charge is -2.28. The zero-order valence-corrected chi connectivity index (χ0v) is 11.2. The van der Waals surface area contributed by atoms with Crippen LogP contribution >= 0.6 is 0 Å². The van der Waals surface area contributed by atoms with Crippen LogP contribution in [0.2, 0.25) is 0 Å². The molecule has 1 aromatic carbocycles. The van der Waals surface area contributed by atoms with Crippen LogP contribution in [0, 0.1) is 5.92 Å². The molecule has 0 saturated carbocycles. The molecule has 0 aromatic heterocycles. The Morgan fingerprint density at radius 3 is 2.56 bits per heavy atom. The second kappa shape index (κ2) is 6.76. The summed E-state index contributed by atoms with van der Waals surface area (Å²) in [6.45, 7) is 4.49. The quantitative estimate of drug-likeness (QED) is 0.784. The molecule has 0 bridgehead atoms. The van der Waals surface area contributed by atoms with Crippen molar-refractivity contribution in [1.29, 1.82) is 0 Å². The van der Waals surface area contributed by atoms with Gasteiger partial charge in [0.15, 0.2) is 0 Å². The van der Waals surface area contributed by atoms with E-state index in [0.29, 0.717) is 5.75 Å². The average molecular weight is 248 g/mol. The number of nitrogens with zero attached hydrogens (tertiary/aromatic N) is 1. The predicted octanol–water partition coefficient (Wildman–Crippen LogP) is 2.21. The molecule has 0 spiro atoms. The Bertz CT molecular complexity index is 342. The minimum absolute atomic E-state index is 0.338. The van der Waals surface area contributed by atoms with Gasteiger partial charge >= 0.3 is 0 Å². The fraction of sp³-hybridized carbons (Fsp3) is 0.600. The van der Waals surface area contributed by atoms with E-state index in [4.69, 9.17) is 0 Å². The van der Waals surface area contributed by atoms with Crippen LogP contribution < -0.4 is 5.32 Å². The van der Waals surface area contributed by atoms with Gasteiger partial charge in [0.05, 0.1) is 0 Å². The van der Waals surface area contributed by atoms with E-state index in [1.165, 1.54) is 37.9 Å². The van der Waals surface area contributed by atoms with Crippen molar-refractivity contribution in [3.63, 3.8) is 0 Å². The fourth-order valence-corrected chi connectivity index (χ4v) is 2.50. The summed E-state index contributed by atoms with van der Waals surface area (Å²) >= 11 is 0. The topological polar surface area (TPSA) is 35.5 Å². The zero-order chi connectivity index (χ0) is 12.8. The monoisotopic (exact) mass is 248 g/mol. The summed E-state index contributed by atoms with van der Waals surface area (Å²) in [6.07, 6.45) is 3.97. The molecule has 0 radical (unpaired) electrons. The second-order valence-electron chi connectivity index (χ2n) is 5.38. The van der Waals surface area contributed by atoms with Crippen molar-refractivity contribution in [3.8, 4) is 5.75 Å². The smallest absolute Gasteiger partial charge is 0.115 e. The van der Waals surface area contributed by atoms with Crippen LogP contribution in [0.3, 0.4) is 0 Å². The average Bonchev–Trinajstić information content (AvgIpc) is 2.39. The Labute approximate surface area is 110 Å². The van der Waals surface area contributed by atoms with E-state index >= 15 is 0 Å². The van der Waals surface area contributed by atoms with E-state index < -0.39 is 0 Å². The fourth-order valence-electron chi connectivity index (χ4n) is 2.50. The van der Waals surface area contributed by atoms with Crippen LogP contribution in [0.25, 0.3) is 0 Å². The molecule has 2 rings (SSSR count). The molecule has 0 unspecified atom stereocenters. The molecular formula is C15H24N2O. The Hall–Kier alpha value is -1.06. The highest BCUT2D eigenvalue weighted by Gasteiger charge is 2.15. The number of phenols is 1. The van der Waals surface area contributed by atoms with Crippen LogP contribution in [0.1, 0.15) is 24.8 Å². The van der Waals surface area contributed by atoms with Gasteiger partial charge in [0.1, 0.15) is 5.75 Å². The number of hydrogen-bond donors (Lipinski definition) is 2. The Balaban J connectivity index is 1.60. The van der Waals surface area contributed by atoms with Gasteiger partial charge in [-0.1, -0.05) is 12.1 Å². The van der Waals surface area contributed by atoms with Crippen LogP contribution in [-0.2, 0) is 6.54 Å². The number of benzene rings is 1. The normalized spacial score (nSPS) is 18.1. The van der Waals surface area contributed by atoms with Crippen LogP contribution in [-0.4, -0.2) is 36.7 Å². The molecule has 0 atom stereocenters. The van der Waals surface area contributed by atoms with Gasteiger partial charge in [-0.3, -0.25) is 0 Å². The zero-order valence-electron chi connectivity index (χ0n) is 11.2. The van der Waals surface area contributed by atoms with Crippen molar-refractivity contribution < 1.29 is 5.11 Å². The molecule has 1 fully saturated rings. The Morgan fingerprint density at radius 2 is 1.89 bits per heavy atom. The number of aromatic hydroxyl groups is 1. The first-order valence-corrected chi connectivity index (χ1v) is 6.91. The van der Waals surface area contributed by atoms with Crippen molar-refractivity contribution >= 4 is 0 Å². The summed E-state index contributed by atoms with van der Waals surface area (Å²) in [5, 5.41) is 12.7. The third-order valence-electron chi connectivity index (χ3n) is 3.83. The molecule has 0 aliphatic carbocycles. The van der Waals surface area contributed by atoms with Gasteiger partial charge in [0, 0.05) is 6.54 Å². The summed E-state index contributed by atoms with van der Waals surface area (Å²) in [6, 6.07) is 7.43. The summed E-state index contributed by atoms with van der Waals surface area (Å²) < 4.78 is 0. The van der Waals surface area contributed by atoms with E-state index in [2.05, 4.69) is 17.3 Å². The molecule has 18 heavy (non-hydrogen) atoms. The standard InChI is InChI=1S/C15H24N2O/c1-17-10-7-13(8-11-17)6-9-16-12-14-2-4-15(18)5-3-14/h2-5,13,16,18H,6-12H2,1H3. The van der Waals surface area contributed by atoms with E-state index in [1.807, 2.05) is 12.1 Å². The first-order valence-electron chi connectivity index (χ1n) is 6.91. The number of rotatable bonds is 5. The van der Waals surface area contributed by atoms with Gasteiger partial charge in [-0.25, -0.2) is 0 Å². The van der Waals surface area contributed by atoms with Crippen LogP contribution in [0.4, 0.5) is 0 Å². The minimum Gasteiger partial charge on any atom is -0.508 e. The first kappa shape index (κ1) is 13.4. The lowest BCUT2D eigenvalue weighted by atomic mass is 9.94. The van der Waals surface area contributed by atoms with Gasteiger partial charge in [-0.2, -0.15) is 0 Å². The largest absolute Gasteiger partial charge is 0.508 e. The number of hydrogen-bond acceptors (Lipinski definition) is 3. The summed E-state index contributed by atoms with van der Waals surface area (Å²) in [4.78, 5) is 2.42. The number of likely N-dealkylation sites (tertiary alicyclic amines) is 1. The predicted molar refractivity (Wildman–Crippen MR) is 74.7 cm³/mol. The van der Waals surface area contributed by atoms with Gasteiger partial charge < -0.3 is 15.3 Å². The highest BCUT2D eigenvalue weighted by Crippen LogP contribution is 2.18. The molecule has 1 aliphatic rings. The molecular weight excluding hydrogens is 224 g/mol. The highest BCUT2D eigenvalue weighted by atomic mass is 16.3. The van der Waals surface area contributed by atoms with Gasteiger partial charge in [0.25, 0.3) is 0 Å². The maximum Gasteiger partial charge on any atom is 0.115 e. The summed E-state index contributed by atoms with van der Waals surface area (Å²) in [7, 11) is 2.21. The third kappa shape index (κ3) is 4.31. The molecule has 3 heteroatoms. The molecule has 1 heterocycles. The Morgan fingerprint density at radius 1 is 1.22 bits per heavy atom.